The molecule has 0 radical (unpaired) electrons. The van der Waals surface area contributed by atoms with Crippen molar-refractivity contribution in [2.24, 2.45) is 0 Å². The van der Waals surface area contributed by atoms with E-state index in [1.165, 1.54) is 5.69 Å². The maximum Gasteiger partial charge on any atom is 0.0635 e. The minimum absolute atomic E-state index is 0.117. The second-order valence-electron chi connectivity index (χ2n) is 5.61. The molecule has 18 heavy (non-hydrogen) atoms. The molecule has 0 saturated heterocycles. The van der Waals surface area contributed by atoms with Crippen molar-refractivity contribution in [3.05, 3.63) is 16.4 Å². The van der Waals surface area contributed by atoms with Gasteiger partial charge in [-0.05, 0) is 42.2 Å². The fourth-order valence-electron chi connectivity index (χ4n) is 2.70. The van der Waals surface area contributed by atoms with E-state index in [0.717, 1.165) is 30.4 Å². The van der Waals surface area contributed by atoms with Gasteiger partial charge >= 0.3 is 0 Å². The molecule has 4 heteroatoms. The predicted molar refractivity (Wildman–Crippen MR) is 81.0 cm³/mol. The molecule has 0 aliphatic heterocycles. The SMILES string of the molecule is CCCn1ncc(Br)c1C(C)(C)CC(C)NCC. The van der Waals surface area contributed by atoms with Crippen molar-refractivity contribution >= 4 is 15.9 Å². The maximum absolute atomic E-state index is 4.47. The number of aromatic nitrogens is 2. The Kier molecular flexibility index (Phi) is 5.86. The Morgan fingerprint density at radius 1 is 1.44 bits per heavy atom. The van der Waals surface area contributed by atoms with Crippen molar-refractivity contribution in [3.8, 4) is 0 Å². The average Bonchev–Trinajstić information content (AvgIpc) is 2.60. The summed E-state index contributed by atoms with van der Waals surface area (Å²) in [6.07, 6.45) is 4.14. The van der Waals surface area contributed by atoms with Gasteiger partial charge in [-0.3, -0.25) is 4.68 Å². The lowest BCUT2D eigenvalue weighted by molar-refractivity contribution is 0.364. The molecule has 0 fully saturated rings. The molecule has 1 atom stereocenters. The van der Waals surface area contributed by atoms with E-state index in [9.17, 15) is 0 Å². The Morgan fingerprint density at radius 3 is 2.67 bits per heavy atom. The average molecular weight is 316 g/mol. The first-order valence-corrected chi connectivity index (χ1v) is 7.66. The molecule has 0 bridgehead atoms. The summed E-state index contributed by atoms with van der Waals surface area (Å²) in [5.74, 6) is 0. The summed E-state index contributed by atoms with van der Waals surface area (Å²) in [5.41, 5.74) is 1.43. The van der Waals surface area contributed by atoms with Crippen LogP contribution in [-0.4, -0.2) is 22.4 Å². The Hall–Kier alpha value is -0.350. The summed E-state index contributed by atoms with van der Waals surface area (Å²) in [5, 5.41) is 7.96. The van der Waals surface area contributed by atoms with Gasteiger partial charge in [0.1, 0.15) is 0 Å². The third-order valence-corrected chi connectivity index (χ3v) is 3.82. The Morgan fingerprint density at radius 2 is 2.11 bits per heavy atom. The Labute approximate surface area is 119 Å². The molecule has 1 aromatic rings. The fraction of sp³-hybridized carbons (Fsp3) is 0.786. The van der Waals surface area contributed by atoms with E-state index in [-0.39, 0.29) is 5.41 Å². The molecule has 0 aliphatic rings. The molecule has 0 aliphatic carbocycles. The normalized spacial score (nSPS) is 13.9. The molecular formula is C14H26BrN3. The van der Waals surface area contributed by atoms with Gasteiger partial charge in [-0.1, -0.05) is 27.7 Å². The fourth-order valence-corrected chi connectivity index (χ4v) is 3.53. The lowest BCUT2D eigenvalue weighted by atomic mass is 9.82. The van der Waals surface area contributed by atoms with Crippen LogP contribution in [0.25, 0.3) is 0 Å². The Balaban J connectivity index is 2.92. The molecule has 1 N–H and O–H groups in total. The van der Waals surface area contributed by atoms with Crippen LogP contribution in [-0.2, 0) is 12.0 Å². The van der Waals surface area contributed by atoms with Gasteiger partial charge < -0.3 is 5.32 Å². The maximum atomic E-state index is 4.47. The summed E-state index contributed by atoms with van der Waals surface area (Å²) in [4.78, 5) is 0. The minimum Gasteiger partial charge on any atom is -0.314 e. The molecule has 1 rings (SSSR count). The van der Waals surface area contributed by atoms with Gasteiger partial charge in [0.05, 0.1) is 16.4 Å². The largest absolute Gasteiger partial charge is 0.314 e. The lowest BCUT2D eigenvalue weighted by Gasteiger charge is -2.30. The van der Waals surface area contributed by atoms with Gasteiger partial charge in [0.25, 0.3) is 0 Å². The third kappa shape index (κ3) is 3.82. The number of halogens is 1. The van der Waals surface area contributed by atoms with Crippen molar-refractivity contribution in [2.75, 3.05) is 6.54 Å². The van der Waals surface area contributed by atoms with Crippen LogP contribution < -0.4 is 5.32 Å². The zero-order chi connectivity index (χ0) is 13.8. The van der Waals surface area contributed by atoms with Crippen LogP contribution >= 0.6 is 15.9 Å². The molecule has 0 saturated carbocycles. The summed E-state index contributed by atoms with van der Waals surface area (Å²) in [7, 11) is 0. The van der Waals surface area contributed by atoms with E-state index in [1.54, 1.807) is 0 Å². The zero-order valence-electron chi connectivity index (χ0n) is 12.3. The summed E-state index contributed by atoms with van der Waals surface area (Å²) < 4.78 is 3.27. The van der Waals surface area contributed by atoms with Crippen LogP contribution in [0.15, 0.2) is 10.7 Å². The van der Waals surface area contributed by atoms with E-state index in [2.05, 4.69) is 65.6 Å². The van der Waals surface area contributed by atoms with Gasteiger partial charge in [0.2, 0.25) is 0 Å². The van der Waals surface area contributed by atoms with E-state index >= 15 is 0 Å². The standard InChI is InChI=1S/C14H26BrN3/c1-6-8-18-13(12(15)10-17-18)14(4,5)9-11(3)16-7-2/h10-11,16H,6-9H2,1-5H3. The first-order valence-electron chi connectivity index (χ1n) is 6.87. The smallest absolute Gasteiger partial charge is 0.0635 e. The minimum atomic E-state index is 0.117. The van der Waals surface area contributed by atoms with Crippen molar-refractivity contribution < 1.29 is 0 Å². The van der Waals surface area contributed by atoms with Gasteiger partial charge in [-0.15, -0.1) is 0 Å². The molecule has 3 nitrogen and oxygen atoms in total. The van der Waals surface area contributed by atoms with Crippen molar-refractivity contribution in [1.29, 1.82) is 0 Å². The molecule has 0 aromatic carbocycles. The van der Waals surface area contributed by atoms with E-state index < -0.39 is 0 Å². The highest BCUT2D eigenvalue weighted by Crippen LogP contribution is 2.33. The second kappa shape index (κ2) is 6.71. The van der Waals surface area contributed by atoms with Gasteiger partial charge in [0.15, 0.2) is 0 Å². The highest BCUT2D eigenvalue weighted by molar-refractivity contribution is 9.10. The number of aryl methyl sites for hydroxylation is 1. The van der Waals surface area contributed by atoms with E-state index in [0.29, 0.717) is 6.04 Å². The van der Waals surface area contributed by atoms with Crippen LogP contribution in [0.3, 0.4) is 0 Å². The van der Waals surface area contributed by atoms with Gasteiger partial charge in [-0.2, -0.15) is 5.10 Å². The first kappa shape index (κ1) is 15.7. The molecule has 0 amide bonds. The zero-order valence-corrected chi connectivity index (χ0v) is 13.8. The monoisotopic (exact) mass is 315 g/mol. The third-order valence-electron chi connectivity index (χ3n) is 3.24. The molecule has 0 spiro atoms. The topological polar surface area (TPSA) is 29.9 Å². The number of rotatable bonds is 7. The molecule has 1 aromatic heterocycles. The van der Waals surface area contributed by atoms with Crippen molar-refractivity contribution in [3.63, 3.8) is 0 Å². The molecule has 1 unspecified atom stereocenters. The van der Waals surface area contributed by atoms with E-state index in [4.69, 9.17) is 0 Å². The quantitative estimate of drug-likeness (QED) is 0.831. The van der Waals surface area contributed by atoms with Crippen molar-refractivity contribution in [2.45, 2.75) is 65.5 Å². The van der Waals surface area contributed by atoms with Crippen LogP contribution in [0, 0.1) is 0 Å². The predicted octanol–water partition coefficient (Wildman–Crippen LogP) is 3.72. The number of hydrogen-bond acceptors (Lipinski definition) is 2. The van der Waals surface area contributed by atoms with E-state index in [1.807, 2.05) is 6.20 Å². The molecular weight excluding hydrogens is 290 g/mol. The molecule has 1 heterocycles. The van der Waals surface area contributed by atoms with Crippen molar-refractivity contribution in [1.82, 2.24) is 15.1 Å². The molecule has 104 valence electrons. The summed E-state index contributed by atoms with van der Waals surface area (Å²) in [6, 6.07) is 0.516. The highest BCUT2D eigenvalue weighted by atomic mass is 79.9. The number of nitrogens with zero attached hydrogens (tertiary/aromatic N) is 2. The van der Waals surface area contributed by atoms with Crippen LogP contribution in [0.2, 0.25) is 0 Å². The number of hydrogen-bond donors (Lipinski definition) is 1. The highest BCUT2D eigenvalue weighted by Gasteiger charge is 2.29. The lowest BCUT2D eigenvalue weighted by Crippen LogP contribution is -2.34. The van der Waals surface area contributed by atoms with Gasteiger partial charge in [-0.25, -0.2) is 0 Å². The summed E-state index contributed by atoms with van der Waals surface area (Å²) in [6.45, 7) is 13.2. The second-order valence-corrected chi connectivity index (χ2v) is 6.47. The van der Waals surface area contributed by atoms with Gasteiger partial charge in [0, 0.05) is 18.0 Å². The first-order chi connectivity index (χ1) is 8.42. The van der Waals surface area contributed by atoms with Crippen LogP contribution in [0.5, 0.6) is 0 Å². The Bertz CT molecular complexity index is 371. The van der Waals surface area contributed by atoms with Crippen LogP contribution in [0.4, 0.5) is 0 Å². The summed E-state index contributed by atoms with van der Waals surface area (Å²) >= 11 is 3.65. The number of nitrogens with one attached hydrogen (secondary N) is 1. The van der Waals surface area contributed by atoms with Crippen LogP contribution in [0.1, 0.15) is 53.2 Å².